The molecule has 1 rings (SSSR count). The van der Waals surface area contributed by atoms with Crippen molar-refractivity contribution in [3.05, 3.63) is 17.5 Å². The molecule has 0 spiro atoms. The van der Waals surface area contributed by atoms with Gasteiger partial charge in [-0.05, 0) is 19.9 Å². The van der Waals surface area contributed by atoms with Crippen molar-refractivity contribution in [2.24, 2.45) is 0 Å². The monoisotopic (exact) mass is 168 g/mol. The molecule has 0 radical (unpaired) electrons. The first kappa shape index (κ1) is 9.26. The quantitative estimate of drug-likeness (QED) is 0.746. The van der Waals surface area contributed by atoms with E-state index in [0.717, 1.165) is 24.4 Å². The third kappa shape index (κ3) is 2.08. The summed E-state index contributed by atoms with van der Waals surface area (Å²) in [5, 5.41) is 7.19. The van der Waals surface area contributed by atoms with Crippen LogP contribution in [0.15, 0.2) is 10.6 Å². The van der Waals surface area contributed by atoms with Crippen molar-refractivity contribution < 1.29 is 4.52 Å². The van der Waals surface area contributed by atoms with E-state index in [0.29, 0.717) is 0 Å². The average Bonchev–Trinajstić information content (AvgIpc) is 2.52. The average molecular weight is 168 g/mol. The molecule has 1 N–H and O–H groups in total. The van der Waals surface area contributed by atoms with E-state index in [1.807, 2.05) is 6.07 Å². The van der Waals surface area contributed by atoms with Gasteiger partial charge in [-0.15, -0.1) is 0 Å². The Balaban J connectivity index is 2.61. The molecule has 68 valence electrons. The Kier molecular flexibility index (Phi) is 3.29. The summed E-state index contributed by atoms with van der Waals surface area (Å²) in [6.45, 7) is 7.17. The molecule has 1 unspecified atom stereocenters. The summed E-state index contributed by atoms with van der Waals surface area (Å²) in [4.78, 5) is 0. The van der Waals surface area contributed by atoms with Gasteiger partial charge in [-0.2, -0.15) is 0 Å². The lowest BCUT2D eigenvalue weighted by Crippen LogP contribution is -2.16. The van der Waals surface area contributed by atoms with Gasteiger partial charge in [0.25, 0.3) is 0 Å². The van der Waals surface area contributed by atoms with Crippen LogP contribution in [0.5, 0.6) is 0 Å². The molecular weight excluding hydrogens is 152 g/mol. The van der Waals surface area contributed by atoms with Gasteiger partial charge in [0.05, 0.1) is 11.7 Å². The SMILES string of the molecule is CCNC(C)c1cc(CC)no1. The van der Waals surface area contributed by atoms with Crippen LogP contribution >= 0.6 is 0 Å². The fourth-order valence-corrected chi connectivity index (χ4v) is 1.11. The van der Waals surface area contributed by atoms with Crippen LogP contribution in [0.1, 0.15) is 38.3 Å². The topological polar surface area (TPSA) is 38.1 Å². The highest BCUT2D eigenvalue weighted by Crippen LogP contribution is 2.13. The highest BCUT2D eigenvalue weighted by Gasteiger charge is 2.09. The number of hydrogen-bond donors (Lipinski definition) is 1. The molecule has 0 amide bonds. The van der Waals surface area contributed by atoms with Gasteiger partial charge in [-0.1, -0.05) is 19.0 Å². The number of nitrogens with zero attached hydrogens (tertiary/aromatic N) is 1. The van der Waals surface area contributed by atoms with Crippen LogP contribution < -0.4 is 5.32 Å². The highest BCUT2D eigenvalue weighted by atomic mass is 16.5. The number of hydrogen-bond acceptors (Lipinski definition) is 3. The predicted molar refractivity (Wildman–Crippen MR) is 48.0 cm³/mol. The second kappa shape index (κ2) is 4.26. The lowest BCUT2D eigenvalue weighted by molar-refractivity contribution is 0.345. The zero-order valence-corrected chi connectivity index (χ0v) is 7.92. The van der Waals surface area contributed by atoms with Gasteiger partial charge < -0.3 is 9.84 Å². The zero-order valence-electron chi connectivity index (χ0n) is 7.92. The van der Waals surface area contributed by atoms with E-state index in [9.17, 15) is 0 Å². The molecule has 0 fully saturated rings. The standard InChI is InChI=1S/C9H16N2O/c1-4-8-6-9(12-11-8)7(3)10-5-2/h6-7,10H,4-5H2,1-3H3. The van der Waals surface area contributed by atoms with Crippen molar-refractivity contribution in [3.63, 3.8) is 0 Å². The fourth-order valence-electron chi connectivity index (χ4n) is 1.11. The summed E-state index contributed by atoms with van der Waals surface area (Å²) in [6, 6.07) is 2.27. The van der Waals surface area contributed by atoms with E-state index in [2.05, 4.69) is 31.2 Å². The Bertz CT molecular complexity index is 232. The van der Waals surface area contributed by atoms with Crippen LogP contribution in [-0.2, 0) is 6.42 Å². The van der Waals surface area contributed by atoms with Gasteiger partial charge in [0.15, 0.2) is 5.76 Å². The molecular formula is C9H16N2O. The fraction of sp³-hybridized carbons (Fsp3) is 0.667. The van der Waals surface area contributed by atoms with E-state index in [1.54, 1.807) is 0 Å². The second-order valence-corrected chi connectivity index (χ2v) is 2.85. The first-order chi connectivity index (χ1) is 5.77. The van der Waals surface area contributed by atoms with Crippen LogP contribution in [-0.4, -0.2) is 11.7 Å². The molecule has 0 aromatic carbocycles. The van der Waals surface area contributed by atoms with Crippen LogP contribution in [0.4, 0.5) is 0 Å². The Morgan fingerprint density at radius 1 is 1.58 bits per heavy atom. The summed E-state index contributed by atoms with van der Waals surface area (Å²) in [5.41, 5.74) is 1.02. The number of aryl methyl sites for hydroxylation is 1. The molecule has 1 aromatic rings. The van der Waals surface area contributed by atoms with E-state index in [-0.39, 0.29) is 6.04 Å². The molecule has 0 aliphatic rings. The van der Waals surface area contributed by atoms with E-state index < -0.39 is 0 Å². The van der Waals surface area contributed by atoms with Crippen molar-refractivity contribution in [1.82, 2.24) is 10.5 Å². The maximum absolute atomic E-state index is 5.16. The summed E-state index contributed by atoms with van der Waals surface area (Å²) < 4.78 is 5.16. The minimum Gasteiger partial charge on any atom is -0.359 e. The largest absolute Gasteiger partial charge is 0.359 e. The van der Waals surface area contributed by atoms with E-state index in [4.69, 9.17) is 4.52 Å². The smallest absolute Gasteiger partial charge is 0.153 e. The molecule has 12 heavy (non-hydrogen) atoms. The third-order valence-electron chi connectivity index (χ3n) is 1.88. The van der Waals surface area contributed by atoms with Crippen molar-refractivity contribution >= 4 is 0 Å². The van der Waals surface area contributed by atoms with Crippen molar-refractivity contribution in [3.8, 4) is 0 Å². The van der Waals surface area contributed by atoms with Crippen LogP contribution in [0.25, 0.3) is 0 Å². The van der Waals surface area contributed by atoms with Gasteiger partial charge in [-0.3, -0.25) is 0 Å². The predicted octanol–water partition coefficient (Wildman–Crippen LogP) is 1.91. The molecule has 1 atom stereocenters. The first-order valence-corrected chi connectivity index (χ1v) is 4.46. The first-order valence-electron chi connectivity index (χ1n) is 4.46. The van der Waals surface area contributed by atoms with Gasteiger partial charge >= 0.3 is 0 Å². The molecule has 3 nitrogen and oxygen atoms in total. The minimum absolute atomic E-state index is 0.266. The molecule has 0 aliphatic heterocycles. The summed E-state index contributed by atoms with van der Waals surface area (Å²) in [6.07, 6.45) is 0.933. The van der Waals surface area contributed by atoms with Crippen molar-refractivity contribution in [2.75, 3.05) is 6.54 Å². The van der Waals surface area contributed by atoms with Crippen LogP contribution in [0.2, 0.25) is 0 Å². The highest BCUT2D eigenvalue weighted by molar-refractivity contribution is 5.08. The zero-order chi connectivity index (χ0) is 8.97. The van der Waals surface area contributed by atoms with Gasteiger partial charge in [0, 0.05) is 6.07 Å². The maximum Gasteiger partial charge on any atom is 0.153 e. The number of nitrogens with one attached hydrogen (secondary N) is 1. The Labute approximate surface area is 73.1 Å². The van der Waals surface area contributed by atoms with Crippen molar-refractivity contribution in [2.45, 2.75) is 33.2 Å². The lowest BCUT2D eigenvalue weighted by Gasteiger charge is -2.06. The van der Waals surface area contributed by atoms with Crippen LogP contribution in [0, 0.1) is 0 Å². The second-order valence-electron chi connectivity index (χ2n) is 2.85. The normalized spacial score (nSPS) is 13.2. The lowest BCUT2D eigenvalue weighted by atomic mass is 10.2. The molecule has 0 aliphatic carbocycles. The van der Waals surface area contributed by atoms with E-state index >= 15 is 0 Å². The Morgan fingerprint density at radius 2 is 2.33 bits per heavy atom. The molecule has 3 heteroatoms. The van der Waals surface area contributed by atoms with E-state index in [1.165, 1.54) is 0 Å². The molecule has 0 saturated heterocycles. The Morgan fingerprint density at radius 3 is 2.83 bits per heavy atom. The molecule has 0 saturated carbocycles. The number of aromatic nitrogens is 1. The minimum atomic E-state index is 0.266. The third-order valence-corrected chi connectivity index (χ3v) is 1.88. The van der Waals surface area contributed by atoms with Gasteiger partial charge in [0.1, 0.15) is 0 Å². The van der Waals surface area contributed by atoms with Gasteiger partial charge in [0.2, 0.25) is 0 Å². The summed E-state index contributed by atoms with van der Waals surface area (Å²) in [7, 11) is 0. The summed E-state index contributed by atoms with van der Waals surface area (Å²) in [5.74, 6) is 0.925. The summed E-state index contributed by atoms with van der Waals surface area (Å²) >= 11 is 0. The molecule has 0 bridgehead atoms. The Hall–Kier alpha value is -0.830. The molecule has 1 heterocycles. The van der Waals surface area contributed by atoms with Gasteiger partial charge in [-0.25, -0.2) is 0 Å². The molecule has 1 aromatic heterocycles. The number of rotatable bonds is 4. The van der Waals surface area contributed by atoms with Crippen molar-refractivity contribution in [1.29, 1.82) is 0 Å². The maximum atomic E-state index is 5.16. The van der Waals surface area contributed by atoms with Crippen LogP contribution in [0.3, 0.4) is 0 Å².